The maximum absolute atomic E-state index is 4.52. The largest absolute Gasteiger partial charge is 0.314 e. The van der Waals surface area contributed by atoms with Crippen LogP contribution in [0.5, 0.6) is 0 Å². The Hall–Kier alpha value is -1.43. The summed E-state index contributed by atoms with van der Waals surface area (Å²) in [6, 6.07) is 4.63. The van der Waals surface area contributed by atoms with Crippen molar-refractivity contribution in [1.82, 2.24) is 25.0 Å². The maximum atomic E-state index is 4.52. The summed E-state index contributed by atoms with van der Waals surface area (Å²) < 4.78 is 2.05. The summed E-state index contributed by atoms with van der Waals surface area (Å²) in [6.07, 6.45) is 7.92. The van der Waals surface area contributed by atoms with Crippen LogP contribution in [-0.2, 0) is 12.1 Å². The van der Waals surface area contributed by atoms with E-state index in [0.29, 0.717) is 6.04 Å². The van der Waals surface area contributed by atoms with Crippen LogP contribution in [0.4, 0.5) is 0 Å². The lowest BCUT2D eigenvalue weighted by Crippen LogP contribution is -2.45. The molecule has 0 bridgehead atoms. The number of rotatable bonds is 3. The number of nitrogens with one attached hydrogen (secondary N) is 1. The molecule has 2 aromatic rings. The van der Waals surface area contributed by atoms with Gasteiger partial charge in [0, 0.05) is 56.4 Å². The number of hydrogen-bond acceptors (Lipinski definition) is 4. The zero-order chi connectivity index (χ0) is 15.6. The number of nitrogens with zero attached hydrogens (tertiary/aromatic N) is 4. The summed E-state index contributed by atoms with van der Waals surface area (Å²) >= 11 is 0. The summed E-state index contributed by atoms with van der Waals surface area (Å²) in [4.78, 5) is 6.65. The molecule has 0 spiro atoms. The predicted molar refractivity (Wildman–Crippen MR) is 94.7 cm³/mol. The molecule has 0 aromatic carbocycles. The second-order valence-electron chi connectivity index (χ2n) is 6.93. The van der Waals surface area contributed by atoms with Gasteiger partial charge in [-0.1, -0.05) is 0 Å². The summed E-state index contributed by atoms with van der Waals surface area (Å²) in [5.41, 5.74) is 2.63. The first kappa shape index (κ1) is 17.9. The zero-order valence-electron chi connectivity index (χ0n) is 14.1. The number of halogens is 1. The van der Waals surface area contributed by atoms with Crippen molar-refractivity contribution in [3.8, 4) is 0 Å². The minimum atomic E-state index is 0. The summed E-state index contributed by atoms with van der Waals surface area (Å²) in [5, 5.41) is 8.01. The molecule has 0 aliphatic carbocycles. The Morgan fingerprint density at radius 2 is 2.00 bits per heavy atom. The maximum Gasteiger partial charge on any atom is 0.0543 e. The Bertz CT molecular complexity index is 605. The van der Waals surface area contributed by atoms with Crippen molar-refractivity contribution in [3.63, 3.8) is 0 Å². The van der Waals surface area contributed by atoms with Crippen molar-refractivity contribution in [2.75, 3.05) is 19.6 Å². The van der Waals surface area contributed by atoms with E-state index in [1.807, 2.05) is 23.3 Å². The van der Waals surface area contributed by atoms with E-state index < -0.39 is 0 Å². The lowest BCUT2D eigenvalue weighted by molar-refractivity contribution is 0.153. The Kier molecular flexibility index (Phi) is 5.79. The first-order chi connectivity index (χ1) is 10.5. The van der Waals surface area contributed by atoms with Crippen LogP contribution in [0, 0.1) is 0 Å². The first-order valence-corrected chi connectivity index (χ1v) is 7.93. The minimum absolute atomic E-state index is 0. The molecule has 1 aliphatic rings. The molecule has 1 atom stereocenters. The second kappa shape index (κ2) is 7.43. The van der Waals surface area contributed by atoms with E-state index >= 15 is 0 Å². The highest BCUT2D eigenvalue weighted by Gasteiger charge is 2.24. The van der Waals surface area contributed by atoms with E-state index in [0.717, 1.165) is 26.2 Å². The van der Waals surface area contributed by atoms with Crippen LogP contribution in [0.2, 0.25) is 0 Å². The fourth-order valence-electron chi connectivity index (χ4n) is 2.89. The molecule has 6 heteroatoms. The van der Waals surface area contributed by atoms with E-state index in [1.54, 1.807) is 0 Å². The Balaban J connectivity index is 0.00000192. The van der Waals surface area contributed by atoms with Gasteiger partial charge in [0.1, 0.15) is 0 Å². The van der Waals surface area contributed by atoms with Gasteiger partial charge in [0.15, 0.2) is 0 Å². The van der Waals surface area contributed by atoms with Gasteiger partial charge in [-0.2, -0.15) is 5.10 Å². The van der Waals surface area contributed by atoms with Crippen molar-refractivity contribution >= 4 is 12.4 Å². The highest BCUT2D eigenvalue weighted by molar-refractivity contribution is 5.85. The number of pyridine rings is 1. The molecule has 126 valence electrons. The van der Waals surface area contributed by atoms with Gasteiger partial charge in [-0.25, -0.2) is 0 Å². The van der Waals surface area contributed by atoms with Gasteiger partial charge < -0.3 is 5.32 Å². The number of aromatic nitrogens is 3. The van der Waals surface area contributed by atoms with E-state index in [2.05, 4.69) is 59.4 Å². The normalized spacial score (nSPS) is 19.3. The van der Waals surface area contributed by atoms with E-state index in [9.17, 15) is 0 Å². The van der Waals surface area contributed by atoms with Crippen molar-refractivity contribution in [1.29, 1.82) is 0 Å². The Morgan fingerprint density at radius 3 is 2.65 bits per heavy atom. The van der Waals surface area contributed by atoms with E-state index in [1.165, 1.54) is 11.1 Å². The lowest BCUT2D eigenvalue weighted by atomic mass is 10.0. The van der Waals surface area contributed by atoms with E-state index in [4.69, 9.17) is 0 Å². The van der Waals surface area contributed by atoms with Crippen LogP contribution in [-0.4, -0.2) is 39.3 Å². The SMILES string of the molecule is CC(C)(C)n1cc(CN2CCNCC2c2ccncc2)cn1.Cl. The zero-order valence-corrected chi connectivity index (χ0v) is 14.9. The van der Waals surface area contributed by atoms with Gasteiger partial charge >= 0.3 is 0 Å². The highest BCUT2D eigenvalue weighted by atomic mass is 35.5. The molecule has 3 heterocycles. The fraction of sp³-hybridized carbons (Fsp3) is 0.529. The average molecular weight is 336 g/mol. The van der Waals surface area contributed by atoms with Crippen LogP contribution < -0.4 is 5.32 Å². The quantitative estimate of drug-likeness (QED) is 0.936. The van der Waals surface area contributed by atoms with Crippen molar-refractivity contribution in [3.05, 3.63) is 48.0 Å². The van der Waals surface area contributed by atoms with Crippen LogP contribution in [0.25, 0.3) is 0 Å². The van der Waals surface area contributed by atoms with Crippen LogP contribution >= 0.6 is 12.4 Å². The molecular weight excluding hydrogens is 310 g/mol. The van der Waals surface area contributed by atoms with Crippen molar-refractivity contribution in [2.45, 2.75) is 38.9 Å². The molecule has 1 aliphatic heterocycles. The standard InChI is InChI=1S/C17H25N5.ClH/c1-17(2,3)22-13-14(10-20-22)12-21-9-8-19-11-16(21)15-4-6-18-7-5-15;/h4-7,10,13,16,19H,8-9,11-12H2,1-3H3;1H. The molecule has 0 amide bonds. The van der Waals surface area contributed by atoms with Gasteiger partial charge in [0.05, 0.1) is 11.7 Å². The fourth-order valence-corrected chi connectivity index (χ4v) is 2.89. The third-order valence-corrected chi connectivity index (χ3v) is 4.15. The molecule has 1 fully saturated rings. The Labute approximate surface area is 144 Å². The van der Waals surface area contributed by atoms with Crippen molar-refractivity contribution < 1.29 is 0 Å². The van der Waals surface area contributed by atoms with Gasteiger partial charge in [-0.05, 0) is 38.5 Å². The smallest absolute Gasteiger partial charge is 0.0543 e. The van der Waals surface area contributed by atoms with Gasteiger partial charge in [-0.3, -0.25) is 14.6 Å². The molecule has 1 saturated heterocycles. The lowest BCUT2D eigenvalue weighted by Gasteiger charge is -2.36. The number of hydrogen-bond donors (Lipinski definition) is 1. The van der Waals surface area contributed by atoms with Crippen LogP contribution in [0.15, 0.2) is 36.9 Å². The molecule has 23 heavy (non-hydrogen) atoms. The Morgan fingerprint density at radius 1 is 1.26 bits per heavy atom. The molecule has 3 rings (SSSR count). The summed E-state index contributed by atoms with van der Waals surface area (Å²) in [7, 11) is 0. The van der Waals surface area contributed by atoms with Gasteiger partial charge in [0.2, 0.25) is 0 Å². The first-order valence-electron chi connectivity index (χ1n) is 7.93. The van der Waals surface area contributed by atoms with Crippen LogP contribution in [0.1, 0.15) is 37.9 Å². The van der Waals surface area contributed by atoms with Gasteiger partial charge in [0.25, 0.3) is 0 Å². The third kappa shape index (κ3) is 4.31. The molecule has 1 unspecified atom stereocenters. The topological polar surface area (TPSA) is 46.0 Å². The number of piperazine rings is 1. The monoisotopic (exact) mass is 335 g/mol. The second-order valence-corrected chi connectivity index (χ2v) is 6.93. The average Bonchev–Trinajstić information content (AvgIpc) is 2.97. The highest BCUT2D eigenvalue weighted by Crippen LogP contribution is 2.24. The van der Waals surface area contributed by atoms with Crippen molar-refractivity contribution in [2.24, 2.45) is 0 Å². The van der Waals surface area contributed by atoms with Crippen LogP contribution in [0.3, 0.4) is 0 Å². The summed E-state index contributed by atoms with van der Waals surface area (Å²) in [6.45, 7) is 10.5. The molecule has 5 nitrogen and oxygen atoms in total. The summed E-state index contributed by atoms with van der Waals surface area (Å²) in [5.74, 6) is 0. The molecule has 0 radical (unpaired) electrons. The molecule has 2 aromatic heterocycles. The predicted octanol–water partition coefficient (Wildman–Crippen LogP) is 2.60. The molecule has 0 saturated carbocycles. The molecular formula is C17H26ClN5. The molecule has 1 N–H and O–H groups in total. The third-order valence-electron chi connectivity index (χ3n) is 4.15. The van der Waals surface area contributed by atoms with Gasteiger partial charge in [-0.15, -0.1) is 12.4 Å². The minimum Gasteiger partial charge on any atom is -0.314 e. The van der Waals surface area contributed by atoms with E-state index in [-0.39, 0.29) is 17.9 Å².